The van der Waals surface area contributed by atoms with Crippen molar-refractivity contribution >= 4 is 46.0 Å². The number of nitrogens with one attached hydrogen (secondary N) is 2. The summed E-state index contributed by atoms with van der Waals surface area (Å²) >= 11 is 11.9. The average Bonchev–Trinajstić information content (AvgIpc) is 2.93. The van der Waals surface area contributed by atoms with E-state index in [9.17, 15) is 9.59 Å². The van der Waals surface area contributed by atoms with Gasteiger partial charge in [0.15, 0.2) is 5.76 Å². The lowest BCUT2D eigenvalue weighted by Gasteiger charge is -2.08. The van der Waals surface area contributed by atoms with E-state index in [-0.39, 0.29) is 12.2 Å². The molecule has 2 amide bonds. The Balaban J connectivity index is 1.66. The molecule has 0 aliphatic rings. The molecule has 0 aliphatic carbocycles. The highest BCUT2D eigenvalue weighted by Crippen LogP contribution is 2.24. The highest BCUT2D eigenvalue weighted by atomic mass is 35.5. The third-order valence-corrected chi connectivity index (χ3v) is 4.33. The number of carbonyl (C=O) groups is 2. The molecule has 0 radical (unpaired) electrons. The van der Waals surface area contributed by atoms with E-state index < -0.39 is 11.8 Å². The molecular weight excluding hydrogens is 363 g/mol. The lowest BCUT2D eigenvalue weighted by Crippen LogP contribution is -2.42. The van der Waals surface area contributed by atoms with Gasteiger partial charge in [0, 0.05) is 21.0 Å². The summed E-state index contributed by atoms with van der Waals surface area (Å²) in [6.07, 6.45) is -0.0151. The summed E-state index contributed by atoms with van der Waals surface area (Å²) in [6, 6.07) is 12.2. The van der Waals surface area contributed by atoms with Crippen LogP contribution in [0.15, 0.2) is 46.9 Å². The molecule has 0 aliphatic heterocycles. The van der Waals surface area contributed by atoms with Gasteiger partial charge in [-0.1, -0.05) is 41.4 Å². The largest absolute Gasteiger partial charge is 0.451 e. The summed E-state index contributed by atoms with van der Waals surface area (Å²) in [4.78, 5) is 24.3. The van der Waals surface area contributed by atoms with Gasteiger partial charge < -0.3 is 4.42 Å². The van der Waals surface area contributed by atoms with Crippen molar-refractivity contribution in [3.63, 3.8) is 0 Å². The Morgan fingerprint density at radius 1 is 1.08 bits per heavy atom. The quantitative estimate of drug-likeness (QED) is 0.677. The van der Waals surface area contributed by atoms with Crippen molar-refractivity contribution in [3.8, 4) is 0 Å². The van der Waals surface area contributed by atoms with E-state index in [2.05, 4.69) is 10.9 Å². The van der Waals surface area contributed by atoms with E-state index in [1.165, 1.54) is 0 Å². The van der Waals surface area contributed by atoms with E-state index >= 15 is 0 Å². The number of halogens is 2. The van der Waals surface area contributed by atoms with Crippen LogP contribution in [0.25, 0.3) is 11.0 Å². The van der Waals surface area contributed by atoms with E-state index in [1.54, 1.807) is 31.2 Å². The van der Waals surface area contributed by atoms with Gasteiger partial charge >= 0.3 is 5.91 Å². The maximum atomic E-state index is 12.2. The molecule has 0 saturated carbocycles. The standard InChI is InChI=1S/C18H14Cl2N2O3/c1-10-13-4-2-3-5-15(13)25-17(10)18(24)22-21-16(23)9-11-8-12(19)6-7-14(11)20/h2-8H,9H2,1H3,(H,21,23)(H,22,24). The number of benzene rings is 2. The summed E-state index contributed by atoms with van der Waals surface area (Å²) in [6.45, 7) is 1.79. The zero-order valence-electron chi connectivity index (χ0n) is 13.2. The van der Waals surface area contributed by atoms with Crippen LogP contribution in [0.1, 0.15) is 21.7 Å². The highest BCUT2D eigenvalue weighted by Gasteiger charge is 2.18. The number of furan rings is 1. The number of amides is 2. The first-order valence-corrected chi connectivity index (χ1v) is 8.22. The number of fused-ring (bicyclic) bond motifs is 1. The molecule has 5 nitrogen and oxygen atoms in total. The Hall–Kier alpha value is -2.50. The van der Waals surface area contributed by atoms with Gasteiger partial charge in [-0.15, -0.1) is 0 Å². The average molecular weight is 377 g/mol. The van der Waals surface area contributed by atoms with E-state index in [4.69, 9.17) is 27.6 Å². The first-order valence-electron chi connectivity index (χ1n) is 7.47. The van der Waals surface area contributed by atoms with Crippen LogP contribution in [0, 0.1) is 6.92 Å². The monoisotopic (exact) mass is 376 g/mol. The molecule has 0 spiro atoms. The van der Waals surface area contributed by atoms with Gasteiger partial charge in [-0.3, -0.25) is 20.4 Å². The second-order valence-electron chi connectivity index (χ2n) is 5.47. The van der Waals surface area contributed by atoms with Gasteiger partial charge in [-0.25, -0.2) is 0 Å². The second-order valence-corrected chi connectivity index (χ2v) is 6.31. The van der Waals surface area contributed by atoms with Crippen LogP contribution in [0.3, 0.4) is 0 Å². The summed E-state index contributed by atoms with van der Waals surface area (Å²) in [5.74, 6) is -0.798. The van der Waals surface area contributed by atoms with Gasteiger partial charge in [-0.05, 0) is 36.8 Å². The number of rotatable bonds is 3. The molecule has 2 N–H and O–H groups in total. The smallest absolute Gasteiger partial charge is 0.305 e. The van der Waals surface area contributed by atoms with Crippen molar-refractivity contribution in [2.24, 2.45) is 0 Å². The molecule has 0 saturated heterocycles. The molecule has 0 fully saturated rings. The van der Waals surface area contributed by atoms with Crippen molar-refractivity contribution in [2.75, 3.05) is 0 Å². The van der Waals surface area contributed by atoms with Gasteiger partial charge in [0.2, 0.25) is 5.91 Å². The number of para-hydroxylation sites is 1. The van der Waals surface area contributed by atoms with Crippen LogP contribution < -0.4 is 10.9 Å². The van der Waals surface area contributed by atoms with Crippen molar-refractivity contribution in [3.05, 3.63) is 69.4 Å². The predicted octanol–water partition coefficient (Wildman–Crippen LogP) is 4.05. The van der Waals surface area contributed by atoms with Crippen molar-refractivity contribution < 1.29 is 14.0 Å². The second kappa shape index (κ2) is 7.17. The van der Waals surface area contributed by atoms with Crippen LogP contribution in [0.4, 0.5) is 0 Å². The summed E-state index contributed by atoms with van der Waals surface area (Å²) in [5.41, 5.74) is 6.59. The van der Waals surface area contributed by atoms with Gasteiger partial charge in [0.25, 0.3) is 0 Å². The Morgan fingerprint density at radius 2 is 1.84 bits per heavy atom. The van der Waals surface area contributed by atoms with E-state index in [1.807, 2.05) is 18.2 Å². The van der Waals surface area contributed by atoms with E-state index in [0.29, 0.717) is 26.8 Å². The van der Waals surface area contributed by atoms with Crippen LogP contribution in [-0.2, 0) is 11.2 Å². The first-order chi connectivity index (χ1) is 12.0. The highest BCUT2D eigenvalue weighted by molar-refractivity contribution is 6.33. The number of hydrogen-bond acceptors (Lipinski definition) is 3. The minimum atomic E-state index is -0.528. The predicted molar refractivity (Wildman–Crippen MR) is 96.7 cm³/mol. The maximum absolute atomic E-state index is 12.2. The molecule has 3 aromatic rings. The molecule has 0 unspecified atom stereocenters. The molecule has 1 heterocycles. The number of hydrazine groups is 1. The molecule has 1 aromatic heterocycles. The summed E-state index contributed by atoms with van der Waals surface area (Å²) < 4.78 is 5.54. The Kier molecular flexibility index (Phi) is 4.97. The van der Waals surface area contributed by atoms with Gasteiger partial charge in [0.1, 0.15) is 5.58 Å². The van der Waals surface area contributed by atoms with Crippen LogP contribution >= 0.6 is 23.2 Å². The maximum Gasteiger partial charge on any atom is 0.305 e. The lowest BCUT2D eigenvalue weighted by atomic mass is 10.1. The third-order valence-electron chi connectivity index (χ3n) is 3.72. The molecule has 7 heteroatoms. The molecule has 0 bridgehead atoms. The molecular formula is C18H14Cl2N2O3. The topological polar surface area (TPSA) is 71.3 Å². The fraction of sp³-hybridized carbons (Fsp3) is 0.111. The minimum Gasteiger partial charge on any atom is -0.451 e. The van der Waals surface area contributed by atoms with Crippen LogP contribution in [-0.4, -0.2) is 11.8 Å². The van der Waals surface area contributed by atoms with Crippen molar-refractivity contribution in [1.82, 2.24) is 10.9 Å². The number of hydrogen-bond donors (Lipinski definition) is 2. The Bertz CT molecular complexity index is 966. The first kappa shape index (κ1) is 17.3. The van der Waals surface area contributed by atoms with Crippen LogP contribution in [0.2, 0.25) is 10.0 Å². The van der Waals surface area contributed by atoms with E-state index in [0.717, 1.165) is 5.39 Å². The fourth-order valence-corrected chi connectivity index (χ4v) is 2.85. The number of carbonyl (C=O) groups excluding carboxylic acids is 2. The lowest BCUT2D eigenvalue weighted by molar-refractivity contribution is -0.121. The van der Waals surface area contributed by atoms with Gasteiger partial charge in [-0.2, -0.15) is 0 Å². The minimum absolute atomic E-state index is 0.0151. The zero-order chi connectivity index (χ0) is 18.0. The Morgan fingerprint density at radius 3 is 2.60 bits per heavy atom. The zero-order valence-corrected chi connectivity index (χ0v) is 14.7. The molecule has 25 heavy (non-hydrogen) atoms. The molecule has 0 atom stereocenters. The normalized spacial score (nSPS) is 10.7. The van der Waals surface area contributed by atoms with Gasteiger partial charge in [0.05, 0.1) is 6.42 Å². The van der Waals surface area contributed by atoms with Crippen molar-refractivity contribution in [2.45, 2.75) is 13.3 Å². The van der Waals surface area contributed by atoms with Crippen LogP contribution in [0.5, 0.6) is 0 Å². The Labute approximate surface area is 153 Å². The molecule has 2 aromatic carbocycles. The summed E-state index contributed by atoms with van der Waals surface area (Å²) in [7, 11) is 0. The SMILES string of the molecule is Cc1c(C(=O)NNC(=O)Cc2cc(Cl)ccc2Cl)oc2ccccc12. The fourth-order valence-electron chi connectivity index (χ4n) is 2.47. The van der Waals surface area contributed by atoms with Crippen molar-refractivity contribution in [1.29, 1.82) is 0 Å². The molecule has 3 rings (SSSR count). The molecule has 128 valence electrons. The summed E-state index contributed by atoms with van der Waals surface area (Å²) in [5, 5.41) is 1.76. The number of aryl methyl sites for hydroxylation is 1. The third kappa shape index (κ3) is 3.78.